The summed E-state index contributed by atoms with van der Waals surface area (Å²) >= 11 is 4.84. The number of carbonyl (C=O) groups is 1. The van der Waals surface area contributed by atoms with Crippen LogP contribution >= 0.6 is 12.2 Å². The summed E-state index contributed by atoms with van der Waals surface area (Å²) in [6.07, 6.45) is 0. The maximum Gasteiger partial charge on any atom is 0.251 e. The predicted molar refractivity (Wildman–Crippen MR) is 79.9 cm³/mol. The van der Waals surface area contributed by atoms with Gasteiger partial charge in [-0.1, -0.05) is 42.5 Å². The van der Waals surface area contributed by atoms with E-state index in [1.54, 1.807) is 42.5 Å². The van der Waals surface area contributed by atoms with Gasteiger partial charge in [0, 0.05) is 23.2 Å². The third-order valence-electron chi connectivity index (χ3n) is 2.83. The maximum absolute atomic E-state index is 13.4. The fourth-order valence-corrected chi connectivity index (χ4v) is 1.84. The first-order valence-electron chi connectivity index (χ1n) is 5.99. The van der Waals surface area contributed by atoms with Crippen molar-refractivity contribution in [1.29, 1.82) is 0 Å². The van der Waals surface area contributed by atoms with E-state index in [1.165, 1.54) is 6.07 Å². The Hall–Kier alpha value is -2.27. The molecule has 0 heterocycles. The Labute approximate surface area is 121 Å². The van der Waals surface area contributed by atoms with Crippen LogP contribution in [0.5, 0.6) is 0 Å². The number of thiocarbonyl (C=S) groups is 1. The van der Waals surface area contributed by atoms with Crippen LogP contribution in [0.15, 0.2) is 48.5 Å². The van der Waals surface area contributed by atoms with Gasteiger partial charge in [-0.25, -0.2) is 4.39 Å². The van der Waals surface area contributed by atoms with E-state index in [-0.39, 0.29) is 23.3 Å². The molecule has 0 spiro atoms. The van der Waals surface area contributed by atoms with Gasteiger partial charge in [0.15, 0.2) is 0 Å². The molecule has 0 unspecified atom stereocenters. The van der Waals surface area contributed by atoms with Gasteiger partial charge in [-0.15, -0.1) is 0 Å². The molecule has 0 atom stereocenters. The zero-order chi connectivity index (χ0) is 14.5. The van der Waals surface area contributed by atoms with Gasteiger partial charge in [0.2, 0.25) is 0 Å². The molecule has 20 heavy (non-hydrogen) atoms. The lowest BCUT2D eigenvalue weighted by Crippen LogP contribution is -2.23. The SMILES string of the molecule is NC(=S)c1ccc(C(=O)NCc2ccccc2F)cc1. The summed E-state index contributed by atoms with van der Waals surface area (Å²) in [6.45, 7) is 0.141. The van der Waals surface area contributed by atoms with Crippen molar-refractivity contribution in [2.45, 2.75) is 6.54 Å². The van der Waals surface area contributed by atoms with E-state index < -0.39 is 0 Å². The fraction of sp³-hybridized carbons (Fsp3) is 0.0667. The quantitative estimate of drug-likeness (QED) is 0.849. The van der Waals surface area contributed by atoms with E-state index in [4.69, 9.17) is 18.0 Å². The van der Waals surface area contributed by atoms with Gasteiger partial charge in [0.1, 0.15) is 10.8 Å². The van der Waals surface area contributed by atoms with Crippen LogP contribution < -0.4 is 11.1 Å². The average molecular weight is 288 g/mol. The number of rotatable bonds is 4. The first-order valence-corrected chi connectivity index (χ1v) is 6.40. The van der Waals surface area contributed by atoms with Crippen molar-refractivity contribution >= 4 is 23.1 Å². The molecule has 0 radical (unpaired) electrons. The summed E-state index contributed by atoms with van der Waals surface area (Å²) in [4.78, 5) is 12.2. The minimum absolute atomic E-state index is 0.141. The number of nitrogens with two attached hydrogens (primary N) is 1. The number of nitrogens with one attached hydrogen (secondary N) is 1. The summed E-state index contributed by atoms with van der Waals surface area (Å²) in [5, 5.41) is 2.66. The largest absolute Gasteiger partial charge is 0.389 e. The zero-order valence-electron chi connectivity index (χ0n) is 10.6. The van der Waals surface area contributed by atoms with Gasteiger partial charge in [-0.2, -0.15) is 0 Å². The summed E-state index contributed by atoms with van der Waals surface area (Å²) in [7, 11) is 0. The average Bonchev–Trinajstić information content (AvgIpc) is 2.46. The topological polar surface area (TPSA) is 55.1 Å². The van der Waals surface area contributed by atoms with Crippen molar-refractivity contribution in [3.8, 4) is 0 Å². The van der Waals surface area contributed by atoms with E-state index in [0.29, 0.717) is 16.7 Å². The van der Waals surface area contributed by atoms with E-state index in [2.05, 4.69) is 5.32 Å². The molecule has 1 amide bonds. The molecule has 2 aromatic rings. The van der Waals surface area contributed by atoms with Crippen LogP contribution in [0.3, 0.4) is 0 Å². The smallest absolute Gasteiger partial charge is 0.251 e. The Morgan fingerprint density at radius 3 is 2.30 bits per heavy atom. The number of carbonyl (C=O) groups excluding carboxylic acids is 1. The molecule has 0 aromatic heterocycles. The Balaban J connectivity index is 2.02. The van der Waals surface area contributed by atoms with E-state index in [0.717, 1.165) is 0 Å². The number of benzene rings is 2. The number of halogens is 1. The molecule has 0 aliphatic carbocycles. The summed E-state index contributed by atoms with van der Waals surface area (Å²) < 4.78 is 13.4. The highest BCUT2D eigenvalue weighted by atomic mass is 32.1. The van der Waals surface area contributed by atoms with E-state index in [1.807, 2.05) is 0 Å². The third kappa shape index (κ3) is 3.39. The van der Waals surface area contributed by atoms with Crippen molar-refractivity contribution in [1.82, 2.24) is 5.32 Å². The minimum Gasteiger partial charge on any atom is -0.389 e. The van der Waals surface area contributed by atoms with Gasteiger partial charge in [-0.05, 0) is 18.2 Å². The molecule has 0 fully saturated rings. The Kier molecular flexibility index (Phi) is 4.42. The van der Waals surface area contributed by atoms with Crippen LogP contribution in [0.2, 0.25) is 0 Å². The first kappa shape index (κ1) is 14.1. The molecule has 5 heteroatoms. The van der Waals surface area contributed by atoms with Crippen LogP contribution in [0.1, 0.15) is 21.5 Å². The van der Waals surface area contributed by atoms with Crippen LogP contribution in [-0.2, 0) is 6.54 Å². The first-order chi connectivity index (χ1) is 9.58. The van der Waals surface area contributed by atoms with Gasteiger partial charge >= 0.3 is 0 Å². The molecular formula is C15H13FN2OS. The predicted octanol–water partition coefficient (Wildman–Crippen LogP) is 2.39. The van der Waals surface area contributed by atoms with Crippen molar-refractivity contribution in [2.75, 3.05) is 0 Å². The molecule has 3 nitrogen and oxygen atoms in total. The van der Waals surface area contributed by atoms with Crippen molar-refractivity contribution in [2.24, 2.45) is 5.73 Å². The lowest BCUT2D eigenvalue weighted by molar-refractivity contribution is 0.0950. The van der Waals surface area contributed by atoms with E-state index >= 15 is 0 Å². The standard InChI is InChI=1S/C15H13FN2OS/c16-13-4-2-1-3-12(13)9-18-15(19)11-7-5-10(6-8-11)14(17)20/h1-8H,9H2,(H2,17,20)(H,18,19). The summed E-state index contributed by atoms with van der Waals surface area (Å²) in [6, 6.07) is 12.9. The minimum atomic E-state index is -0.336. The van der Waals surface area contributed by atoms with Crippen molar-refractivity contribution in [3.05, 3.63) is 71.0 Å². The highest BCUT2D eigenvalue weighted by Crippen LogP contribution is 2.07. The van der Waals surface area contributed by atoms with Crippen LogP contribution in [0, 0.1) is 5.82 Å². The molecule has 102 valence electrons. The normalized spacial score (nSPS) is 10.1. The summed E-state index contributed by atoms with van der Waals surface area (Å²) in [5.74, 6) is -0.612. The van der Waals surface area contributed by atoms with Gasteiger partial charge in [0.25, 0.3) is 5.91 Å². The third-order valence-corrected chi connectivity index (χ3v) is 3.06. The van der Waals surface area contributed by atoms with Crippen LogP contribution in [-0.4, -0.2) is 10.9 Å². The second-order valence-corrected chi connectivity index (χ2v) is 4.66. The number of amides is 1. The van der Waals surface area contributed by atoms with Crippen molar-refractivity contribution < 1.29 is 9.18 Å². The molecule has 0 aliphatic heterocycles. The summed E-state index contributed by atoms with van der Waals surface area (Å²) in [5.41, 5.74) is 7.10. The van der Waals surface area contributed by atoms with Crippen LogP contribution in [0.25, 0.3) is 0 Å². The highest BCUT2D eigenvalue weighted by Gasteiger charge is 2.07. The molecule has 0 saturated heterocycles. The zero-order valence-corrected chi connectivity index (χ0v) is 11.4. The van der Waals surface area contributed by atoms with Gasteiger partial charge in [0.05, 0.1) is 0 Å². The number of hydrogen-bond donors (Lipinski definition) is 2. The lowest BCUT2D eigenvalue weighted by atomic mass is 10.1. The number of hydrogen-bond acceptors (Lipinski definition) is 2. The molecule has 0 saturated carbocycles. The molecule has 2 aromatic carbocycles. The van der Waals surface area contributed by atoms with E-state index in [9.17, 15) is 9.18 Å². The molecule has 0 bridgehead atoms. The Morgan fingerprint density at radius 1 is 1.10 bits per heavy atom. The lowest BCUT2D eigenvalue weighted by Gasteiger charge is -2.07. The maximum atomic E-state index is 13.4. The molecule has 3 N–H and O–H groups in total. The van der Waals surface area contributed by atoms with Crippen LogP contribution in [0.4, 0.5) is 4.39 Å². The van der Waals surface area contributed by atoms with Gasteiger partial charge in [-0.3, -0.25) is 4.79 Å². The molecule has 0 aliphatic rings. The van der Waals surface area contributed by atoms with Gasteiger partial charge < -0.3 is 11.1 Å². The molecule has 2 rings (SSSR count). The second kappa shape index (κ2) is 6.25. The highest BCUT2D eigenvalue weighted by molar-refractivity contribution is 7.80. The monoisotopic (exact) mass is 288 g/mol. The second-order valence-electron chi connectivity index (χ2n) is 4.22. The van der Waals surface area contributed by atoms with Crippen molar-refractivity contribution in [3.63, 3.8) is 0 Å². The fourth-order valence-electron chi connectivity index (χ4n) is 1.71. The Morgan fingerprint density at radius 2 is 1.70 bits per heavy atom. The molecular weight excluding hydrogens is 275 g/mol. The Bertz CT molecular complexity index is 641.